The van der Waals surface area contributed by atoms with E-state index >= 15 is 0 Å². The van der Waals surface area contributed by atoms with Gasteiger partial charge in [-0.15, -0.1) is 0 Å². The van der Waals surface area contributed by atoms with Crippen LogP contribution in [0.1, 0.15) is 133 Å². The molecule has 1 heteroatoms. The molecule has 0 bridgehead atoms. The fourth-order valence-corrected chi connectivity index (χ4v) is 7.31. The van der Waals surface area contributed by atoms with Crippen molar-refractivity contribution in [2.24, 2.45) is 17.8 Å². The molecular weight excluding hydrogens is 374 g/mol. The number of rotatable bonds is 8. The summed E-state index contributed by atoms with van der Waals surface area (Å²) in [6.07, 6.45) is 23.1. The Labute approximate surface area is 193 Å². The highest BCUT2D eigenvalue weighted by atomic mass is 14.9. The molecule has 31 heavy (non-hydrogen) atoms. The van der Waals surface area contributed by atoms with E-state index in [0.29, 0.717) is 0 Å². The third-order valence-corrected chi connectivity index (χ3v) is 9.56. The maximum atomic E-state index is 3.50. The van der Waals surface area contributed by atoms with Gasteiger partial charge in [-0.05, 0) is 125 Å². The zero-order valence-corrected chi connectivity index (χ0v) is 20.6. The van der Waals surface area contributed by atoms with Crippen LogP contribution in [0, 0.1) is 17.8 Å². The van der Waals surface area contributed by atoms with E-state index in [1.54, 1.807) is 11.1 Å². The van der Waals surface area contributed by atoms with Crippen LogP contribution in [0.5, 0.6) is 0 Å². The number of nitrogens with one attached hydrogen (secondary N) is 1. The van der Waals surface area contributed by atoms with Crippen LogP contribution in [0.25, 0.3) is 0 Å². The first-order chi connectivity index (χ1) is 15.3. The van der Waals surface area contributed by atoms with E-state index in [1.165, 1.54) is 103 Å². The average molecular weight is 424 g/mol. The van der Waals surface area contributed by atoms with Crippen LogP contribution < -0.4 is 5.32 Å². The topological polar surface area (TPSA) is 12.0 Å². The van der Waals surface area contributed by atoms with Crippen molar-refractivity contribution in [3.05, 3.63) is 35.4 Å². The van der Waals surface area contributed by atoms with Crippen molar-refractivity contribution >= 4 is 0 Å². The van der Waals surface area contributed by atoms with Gasteiger partial charge >= 0.3 is 0 Å². The van der Waals surface area contributed by atoms with Crippen molar-refractivity contribution in [2.75, 3.05) is 7.05 Å². The maximum absolute atomic E-state index is 3.50. The molecule has 0 aliphatic heterocycles. The predicted molar refractivity (Wildman–Crippen MR) is 135 cm³/mol. The normalized spacial score (nSPS) is 34.5. The quantitative estimate of drug-likeness (QED) is 0.413. The number of benzene rings is 1. The third kappa shape index (κ3) is 6.37. The molecule has 3 aliphatic rings. The highest BCUT2D eigenvalue weighted by Gasteiger charge is 2.31. The molecule has 3 aliphatic carbocycles. The second kappa shape index (κ2) is 11.9. The molecule has 0 unspecified atom stereocenters. The highest BCUT2D eigenvalue weighted by Crippen LogP contribution is 2.43. The molecular formula is C30H49N. The fraction of sp³-hybridized carbons (Fsp3) is 0.800. The Kier molecular flexibility index (Phi) is 8.94. The van der Waals surface area contributed by atoms with Crippen molar-refractivity contribution in [1.29, 1.82) is 0 Å². The Morgan fingerprint density at radius 3 is 1.61 bits per heavy atom. The molecule has 174 valence electrons. The van der Waals surface area contributed by atoms with E-state index < -0.39 is 0 Å². The minimum absolute atomic E-state index is 0.794. The molecule has 0 saturated heterocycles. The van der Waals surface area contributed by atoms with Gasteiger partial charge in [0.25, 0.3) is 0 Å². The zero-order chi connectivity index (χ0) is 21.5. The molecule has 0 atom stereocenters. The lowest BCUT2D eigenvalue weighted by atomic mass is 9.69. The largest absolute Gasteiger partial charge is 0.317 e. The molecule has 0 aromatic heterocycles. The van der Waals surface area contributed by atoms with E-state index in [4.69, 9.17) is 0 Å². The van der Waals surface area contributed by atoms with Crippen LogP contribution in [-0.4, -0.2) is 13.1 Å². The Morgan fingerprint density at radius 2 is 1.13 bits per heavy atom. The Bertz CT molecular complexity index is 610. The molecule has 3 saturated carbocycles. The molecule has 0 heterocycles. The van der Waals surface area contributed by atoms with Crippen molar-refractivity contribution < 1.29 is 0 Å². The lowest BCUT2D eigenvalue weighted by Crippen LogP contribution is -2.33. The fourth-order valence-electron chi connectivity index (χ4n) is 7.31. The summed E-state index contributed by atoms with van der Waals surface area (Å²) < 4.78 is 0. The minimum Gasteiger partial charge on any atom is -0.317 e. The first-order valence-corrected chi connectivity index (χ1v) is 14.0. The molecule has 0 radical (unpaired) electrons. The molecule has 1 N–H and O–H groups in total. The minimum atomic E-state index is 0.794. The van der Waals surface area contributed by atoms with Gasteiger partial charge in [-0.2, -0.15) is 0 Å². The van der Waals surface area contributed by atoms with E-state index in [0.717, 1.165) is 35.6 Å². The van der Waals surface area contributed by atoms with Crippen LogP contribution in [0.3, 0.4) is 0 Å². The van der Waals surface area contributed by atoms with Gasteiger partial charge in [-0.3, -0.25) is 0 Å². The molecule has 1 aromatic carbocycles. The summed E-state index contributed by atoms with van der Waals surface area (Å²) in [6.45, 7) is 2.32. The van der Waals surface area contributed by atoms with E-state index in [2.05, 4.69) is 43.6 Å². The molecule has 0 amide bonds. The summed E-state index contributed by atoms with van der Waals surface area (Å²) in [5.74, 6) is 4.71. The van der Waals surface area contributed by atoms with E-state index in [9.17, 15) is 0 Å². The molecule has 1 aromatic rings. The summed E-state index contributed by atoms with van der Waals surface area (Å²) in [5, 5.41) is 3.50. The number of hydrogen-bond donors (Lipinski definition) is 1. The molecule has 0 spiro atoms. The van der Waals surface area contributed by atoms with Gasteiger partial charge in [0, 0.05) is 6.04 Å². The summed E-state index contributed by atoms with van der Waals surface area (Å²) >= 11 is 0. The first kappa shape index (κ1) is 23.3. The van der Waals surface area contributed by atoms with Crippen molar-refractivity contribution in [3.8, 4) is 0 Å². The van der Waals surface area contributed by atoms with Crippen molar-refractivity contribution in [2.45, 2.75) is 128 Å². The van der Waals surface area contributed by atoms with Gasteiger partial charge in [-0.25, -0.2) is 0 Å². The predicted octanol–water partition coefficient (Wildman–Crippen LogP) is 8.59. The smallest absolute Gasteiger partial charge is 0.00642 e. The lowest BCUT2D eigenvalue weighted by Gasteiger charge is -2.38. The summed E-state index contributed by atoms with van der Waals surface area (Å²) in [6, 6.07) is 10.8. The zero-order valence-electron chi connectivity index (χ0n) is 20.6. The van der Waals surface area contributed by atoms with Gasteiger partial charge in [0.15, 0.2) is 0 Å². The van der Waals surface area contributed by atoms with Crippen LogP contribution in [0.2, 0.25) is 0 Å². The lowest BCUT2D eigenvalue weighted by molar-refractivity contribution is 0.171. The summed E-state index contributed by atoms with van der Waals surface area (Å²) in [5.41, 5.74) is 3.26. The summed E-state index contributed by atoms with van der Waals surface area (Å²) in [7, 11) is 2.14. The SMILES string of the molecule is CCCCCC1CCC(c2ccc(C3CCC(C4CCC(NC)CC4)CC3)cc2)CC1. The van der Waals surface area contributed by atoms with E-state index in [-0.39, 0.29) is 0 Å². The van der Waals surface area contributed by atoms with Crippen LogP contribution in [-0.2, 0) is 0 Å². The maximum Gasteiger partial charge on any atom is 0.00642 e. The van der Waals surface area contributed by atoms with Gasteiger partial charge in [0.2, 0.25) is 0 Å². The van der Waals surface area contributed by atoms with Gasteiger partial charge in [0.05, 0.1) is 0 Å². The Hall–Kier alpha value is -0.820. The molecule has 3 fully saturated rings. The van der Waals surface area contributed by atoms with Crippen LogP contribution >= 0.6 is 0 Å². The van der Waals surface area contributed by atoms with Crippen molar-refractivity contribution in [3.63, 3.8) is 0 Å². The third-order valence-electron chi connectivity index (χ3n) is 9.56. The molecule has 4 rings (SSSR count). The van der Waals surface area contributed by atoms with Gasteiger partial charge in [0.1, 0.15) is 0 Å². The standard InChI is InChI=1S/C30H49N/c1-3-4-5-6-23-7-9-24(10-8-23)25-11-13-26(14-12-25)27-15-17-28(18-16-27)29-19-21-30(31-2)22-20-29/h11-14,23-24,27-31H,3-10,15-22H2,1-2H3. The second-order valence-corrected chi connectivity index (χ2v) is 11.4. The number of hydrogen-bond acceptors (Lipinski definition) is 1. The Balaban J connectivity index is 1.21. The Morgan fingerprint density at radius 1 is 0.645 bits per heavy atom. The van der Waals surface area contributed by atoms with Crippen LogP contribution in [0.4, 0.5) is 0 Å². The first-order valence-electron chi connectivity index (χ1n) is 14.0. The van der Waals surface area contributed by atoms with Gasteiger partial charge in [-0.1, -0.05) is 56.9 Å². The second-order valence-electron chi connectivity index (χ2n) is 11.4. The van der Waals surface area contributed by atoms with E-state index in [1.807, 2.05) is 0 Å². The van der Waals surface area contributed by atoms with Crippen LogP contribution in [0.15, 0.2) is 24.3 Å². The van der Waals surface area contributed by atoms with Gasteiger partial charge < -0.3 is 5.32 Å². The number of unbranched alkanes of at least 4 members (excludes halogenated alkanes) is 2. The highest BCUT2D eigenvalue weighted by molar-refractivity contribution is 5.28. The monoisotopic (exact) mass is 423 g/mol. The average Bonchev–Trinajstić information content (AvgIpc) is 2.85. The van der Waals surface area contributed by atoms with Crippen molar-refractivity contribution in [1.82, 2.24) is 5.32 Å². The summed E-state index contributed by atoms with van der Waals surface area (Å²) in [4.78, 5) is 0. The molecule has 1 nitrogen and oxygen atoms in total.